The van der Waals surface area contributed by atoms with Crippen LogP contribution in [0.5, 0.6) is 0 Å². The van der Waals surface area contributed by atoms with Crippen LogP contribution in [0.2, 0.25) is 0 Å². The van der Waals surface area contributed by atoms with Crippen molar-refractivity contribution < 1.29 is 19.2 Å². The molecule has 0 saturated carbocycles. The molecule has 1 aromatic carbocycles. The fourth-order valence-corrected chi connectivity index (χ4v) is 2.97. The first-order valence-corrected chi connectivity index (χ1v) is 7.16. The van der Waals surface area contributed by atoms with E-state index in [2.05, 4.69) is 5.32 Å². The van der Waals surface area contributed by atoms with Gasteiger partial charge in [-0.2, -0.15) is 0 Å². The van der Waals surface area contributed by atoms with Crippen LogP contribution in [0.4, 0.5) is 0 Å². The van der Waals surface area contributed by atoms with Crippen molar-refractivity contribution in [1.82, 2.24) is 10.2 Å². The fourth-order valence-electron chi connectivity index (χ4n) is 2.97. The van der Waals surface area contributed by atoms with E-state index >= 15 is 0 Å². The summed E-state index contributed by atoms with van der Waals surface area (Å²) in [5, 5.41) is 2.18. The van der Waals surface area contributed by atoms with Crippen LogP contribution in [0.1, 0.15) is 46.0 Å². The largest absolute Gasteiger partial charge is 0.295 e. The van der Waals surface area contributed by atoms with E-state index < -0.39 is 23.8 Å². The number of rotatable bonds is 3. The van der Waals surface area contributed by atoms with Crippen molar-refractivity contribution in [1.29, 1.82) is 0 Å². The molecule has 1 saturated heterocycles. The van der Waals surface area contributed by atoms with Gasteiger partial charge in [-0.05, 0) is 30.9 Å². The lowest BCUT2D eigenvalue weighted by Crippen LogP contribution is -2.54. The lowest BCUT2D eigenvalue weighted by atomic mass is 9.99. The second-order valence-corrected chi connectivity index (χ2v) is 5.40. The van der Waals surface area contributed by atoms with Crippen molar-refractivity contribution in [3.8, 4) is 0 Å². The third kappa shape index (κ3) is 2.11. The number of nitrogens with one attached hydrogen (secondary N) is 1. The van der Waals surface area contributed by atoms with E-state index in [0.717, 1.165) is 10.5 Å². The zero-order valence-electron chi connectivity index (χ0n) is 12.1. The van der Waals surface area contributed by atoms with Gasteiger partial charge in [0.1, 0.15) is 6.04 Å². The number of carbonyl (C=O) groups is 4. The fraction of sp³-hybridized carbons (Fsp3) is 0.312. The summed E-state index contributed by atoms with van der Waals surface area (Å²) >= 11 is 0. The molecule has 6 heteroatoms. The van der Waals surface area contributed by atoms with Crippen molar-refractivity contribution in [3.63, 3.8) is 0 Å². The summed E-state index contributed by atoms with van der Waals surface area (Å²) in [6.07, 6.45) is 2.78. The van der Waals surface area contributed by atoms with E-state index in [1.54, 1.807) is 18.2 Å². The Morgan fingerprint density at radius 3 is 2.68 bits per heavy atom. The van der Waals surface area contributed by atoms with Gasteiger partial charge in [-0.15, -0.1) is 0 Å². The number of hydrogen-bond acceptors (Lipinski definition) is 4. The molecule has 0 aliphatic carbocycles. The summed E-state index contributed by atoms with van der Waals surface area (Å²) in [6.45, 7) is 1.87. The highest BCUT2D eigenvalue weighted by atomic mass is 16.2. The first kappa shape index (κ1) is 14.4. The van der Waals surface area contributed by atoms with E-state index in [1.807, 2.05) is 13.3 Å². The second-order valence-electron chi connectivity index (χ2n) is 5.40. The number of benzene rings is 1. The summed E-state index contributed by atoms with van der Waals surface area (Å²) in [5.74, 6) is -1.88. The molecule has 22 heavy (non-hydrogen) atoms. The molecule has 1 N–H and O–H groups in total. The number of piperidine rings is 1. The van der Waals surface area contributed by atoms with Gasteiger partial charge in [0, 0.05) is 6.42 Å². The number of hydrogen-bond donors (Lipinski definition) is 1. The van der Waals surface area contributed by atoms with Crippen molar-refractivity contribution in [2.75, 3.05) is 0 Å². The molecular weight excluding hydrogens is 284 g/mol. The molecule has 1 fully saturated rings. The van der Waals surface area contributed by atoms with Gasteiger partial charge in [-0.1, -0.05) is 19.1 Å². The predicted molar refractivity (Wildman–Crippen MR) is 76.8 cm³/mol. The normalized spacial score (nSPS) is 21.1. The summed E-state index contributed by atoms with van der Waals surface area (Å²) in [6, 6.07) is 4.22. The smallest absolute Gasteiger partial charge is 0.262 e. The molecule has 2 heterocycles. The van der Waals surface area contributed by atoms with Gasteiger partial charge in [-0.3, -0.25) is 29.4 Å². The highest BCUT2D eigenvalue weighted by Crippen LogP contribution is 2.30. The maximum atomic E-state index is 12.7. The zero-order valence-corrected chi connectivity index (χ0v) is 12.1. The predicted octanol–water partition coefficient (Wildman–Crippen LogP) is 0.854. The van der Waals surface area contributed by atoms with Crippen molar-refractivity contribution in [2.45, 2.75) is 32.2 Å². The SMILES string of the molecule is C[CH]Cc1cccc2c1C(=O)N(C1CCC(=O)NC1=O)C2=O. The molecule has 1 unspecified atom stereocenters. The molecule has 113 valence electrons. The maximum Gasteiger partial charge on any atom is 0.262 e. The van der Waals surface area contributed by atoms with Crippen molar-refractivity contribution in [3.05, 3.63) is 41.3 Å². The molecule has 6 nitrogen and oxygen atoms in total. The minimum absolute atomic E-state index is 0.124. The van der Waals surface area contributed by atoms with Crippen LogP contribution >= 0.6 is 0 Å². The molecule has 2 aliphatic heterocycles. The molecular formula is C16H15N2O4. The Kier molecular flexibility index (Phi) is 3.52. The Bertz CT molecular complexity index is 695. The summed E-state index contributed by atoms with van der Waals surface area (Å²) in [4.78, 5) is 49.4. The minimum Gasteiger partial charge on any atom is -0.295 e. The number of fused-ring (bicyclic) bond motifs is 1. The van der Waals surface area contributed by atoms with Gasteiger partial charge in [0.15, 0.2) is 0 Å². The highest BCUT2D eigenvalue weighted by Gasteiger charge is 2.45. The van der Waals surface area contributed by atoms with E-state index in [0.29, 0.717) is 17.5 Å². The van der Waals surface area contributed by atoms with E-state index in [9.17, 15) is 19.2 Å². The number of nitrogens with zero attached hydrogens (tertiary/aromatic N) is 1. The quantitative estimate of drug-likeness (QED) is 0.839. The van der Waals surface area contributed by atoms with Gasteiger partial charge in [0.25, 0.3) is 11.8 Å². The van der Waals surface area contributed by atoms with Crippen LogP contribution in [0.15, 0.2) is 18.2 Å². The first-order chi connectivity index (χ1) is 10.5. The minimum atomic E-state index is -0.913. The Hall–Kier alpha value is -2.50. The Morgan fingerprint density at radius 2 is 2.00 bits per heavy atom. The summed E-state index contributed by atoms with van der Waals surface area (Å²) in [5.41, 5.74) is 1.47. The maximum absolute atomic E-state index is 12.7. The van der Waals surface area contributed by atoms with E-state index in [-0.39, 0.29) is 18.7 Å². The zero-order chi connectivity index (χ0) is 15.9. The molecule has 4 amide bonds. The van der Waals surface area contributed by atoms with Crippen molar-refractivity contribution in [2.24, 2.45) is 0 Å². The molecule has 1 aromatic rings. The number of imide groups is 2. The van der Waals surface area contributed by atoms with Crippen LogP contribution in [-0.2, 0) is 16.0 Å². The molecule has 0 bridgehead atoms. The highest BCUT2D eigenvalue weighted by molar-refractivity contribution is 6.24. The van der Waals surface area contributed by atoms with Crippen LogP contribution in [0.25, 0.3) is 0 Å². The topological polar surface area (TPSA) is 83.6 Å². The molecule has 1 radical (unpaired) electrons. The lowest BCUT2D eigenvalue weighted by molar-refractivity contribution is -0.136. The number of amides is 4. The average Bonchev–Trinajstić information content (AvgIpc) is 2.73. The third-order valence-electron chi connectivity index (χ3n) is 3.98. The van der Waals surface area contributed by atoms with Gasteiger partial charge in [0.2, 0.25) is 11.8 Å². The molecule has 2 aliphatic rings. The van der Waals surface area contributed by atoms with Gasteiger partial charge < -0.3 is 0 Å². The Labute approximate surface area is 127 Å². The molecule has 1 atom stereocenters. The van der Waals surface area contributed by atoms with Gasteiger partial charge in [-0.25, -0.2) is 0 Å². The Morgan fingerprint density at radius 1 is 1.23 bits per heavy atom. The van der Waals surface area contributed by atoms with Crippen LogP contribution in [0.3, 0.4) is 0 Å². The van der Waals surface area contributed by atoms with Gasteiger partial charge >= 0.3 is 0 Å². The first-order valence-electron chi connectivity index (χ1n) is 7.16. The standard InChI is InChI=1S/C16H15N2O4/c1-2-4-9-5-3-6-10-13(9)16(22)18(15(10)21)11-7-8-12(19)17-14(11)20/h2-3,5-6,11H,4,7-8H2,1H3,(H,17,19,20). The summed E-state index contributed by atoms with van der Waals surface area (Å²) in [7, 11) is 0. The van der Waals surface area contributed by atoms with Gasteiger partial charge in [0.05, 0.1) is 11.1 Å². The van der Waals surface area contributed by atoms with Crippen molar-refractivity contribution >= 4 is 23.6 Å². The second kappa shape index (κ2) is 5.36. The van der Waals surface area contributed by atoms with E-state index in [1.165, 1.54) is 0 Å². The molecule has 3 rings (SSSR count). The monoisotopic (exact) mass is 299 g/mol. The molecule has 0 spiro atoms. The number of carbonyl (C=O) groups excluding carboxylic acids is 4. The Balaban J connectivity index is 1.98. The third-order valence-corrected chi connectivity index (χ3v) is 3.98. The van der Waals surface area contributed by atoms with E-state index in [4.69, 9.17) is 0 Å². The van der Waals surface area contributed by atoms with Crippen LogP contribution < -0.4 is 5.32 Å². The lowest BCUT2D eigenvalue weighted by Gasteiger charge is -2.27. The molecule has 0 aromatic heterocycles. The average molecular weight is 299 g/mol. The van der Waals surface area contributed by atoms with Crippen LogP contribution in [0, 0.1) is 6.42 Å². The van der Waals surface area contributed by atoms with Crippen LogP contribution in [-0.4, -0.2) is 34.6 Å². The summed E-state index contributed by atoms with van der Waals surface area (Å²) < 4.78 is 0.